The SMILES string of the molecule is COc1ccc(-c2nc(NC(=O)c3ccc(CNC(N)=O)cc3)sc2C)cc1. The van der Waals surface area contributed by atoms with E-state index in [9.17, 15) is 9.59 Å². The molecule has 28 heavy (non-hydrogen) atoms. The van der Waals surface area contributed by atoms with Crippen molar-refractivity contribution in [3.63, 3.8) is 0 Å². The molecule has 3 amide bonds. The van der Waals surface area contributed by atoms with Crippen molar-refractivity contribution < 1.29 is 14.3 Å². The Kier molecular flexibility index (Phi) is 5.90. The lowest BCUT2D eigenvalue weighted by Gasteiger charge is -2.05. The van der Waals surface area contributed by atoms with Crippen LogP contribution >= 0.6 is 11.3 Å². The van der Waals surface area contributed by atoms with Gasteiger partial charge in [0.15, 0.2) is 5.13 Å². The van der Waals surface area contributed by atoms with Crippen LogP contribution in [0.5, 0.6) is 5.75 Å². The first-order valence-corrected chi connectivity index (χ1v) is 9.33. The average molecular weight is 396 g/mol. The number of hydrogen-bond donors (Lipinski definition) is 3. The standard InChI is InChI=1S/C20H20N4O3S/c1-12-17(14-7-9-16(27-2)10-8-14)23-20(28-12)24-18(25)15-5-3-13(4-6-15)11-22-19(21)26/h3-10H,11H2,1-2H3,(H3,21,22,26)(H,23,24,25). The van der Waals surface area contributed by atoms with Crippen molar-refractivity contribution in [3.8, 4) is 17.0 Å². The summed E-state index contributed by atoms with van der Waals surface area (Å²) < 4.78 is 5.18. The van der Waals surface area contributed by atoms with E-state index >= 15 is 0 Å². The molecule has 0 aliphatic rings. The molecule has 4 N–H and O–H groups in total. The summed E-state index contributed by atoms with van der Waals surface area (Å²) >= 11 is 1.42. The minimum Gasteiger partial charge on any atom is -0.497 e. The van der Waals surface area contributed by atoms with Crippen LogP contribution in [0.3, 0.4) is 0 Å². The molecule has 7 nitrogen and oxygen atoms in total. The van der Waals surface area contributed by atoms with Crippen LogP contribution in [0.25, 0.3) is 11.3 Å². The van der Waals surface area contributed by atoms with Gasteiger partial charge in [-0.05, 0) is 48.9 Å². The smallest absolute Gasteiger partial charge is 0.312 e. The molecule has 3 aromatic rings. The van der Waals surface area contributed by atoms with Gasteiger partial charge in [0.2, 0.25) is 0 Å². The summed E-state index contributed by atoms with van der Waals surface area (Å²) in [6, 6.07) is 13.9. The van der Waals surface area contributed by atoms with Gasteiger partial charge in [-0.25, -0.2) is 9.78 Å². The van der Waals surface area contributed by atoms with Gasteiger partial charge in [0, 0.05) is 22.5 Å². The zero-order valence-electron chi connectivity index (χ0n) is 15.5. The number of urea groups is 1. The predicted octanol–water partition coefficient (Wildman–Crippen LogP) is 3.55. The molecule has 0 aliphatic carbocycles. The largest absolute Gasteiger partial charge is 0.497 e. The van der Waals surface area contributed by atoms with Crippen molar-refractivity contribution in [2.24, 2.45) is 5.73 Å². The Morgan fingerprint density at radius 1 is 1.11 bits per heavy atom. The van der Waals surface area contributed by atoms with Crippen molar-refractivity contribution in [2.75, 3.05) is 12.4 Å². The number of nitrogens with zero attached hydrogens (tertiary/aromatic N) is 1. The number of methoxy groups -OCH3 is 1. The Balaban J connectivity index is 1.69. The Morgan fingerprint density at radius 3 is 2.39 bits per heavy atom. The number of ether oxygens (including phenoxy) is 1. The lowest BCUT2D eigenvalue weighted by atomic mass is 10.1. The summed E-state index contributed by atoms with van der Waals surface area (Å²) in [5.41, 5.74) is 8.19. The molecule has 144 valence electrons. The van der Waals surface area contributed by atoms with E-state index in [0.29, 0.717) is 17.2 Å². The molecule has 0 saturated carbocycles. The van der Waals surface area contributed by atoms with Gasteiger partial charge in [-0.2, -0.15) is 0 Å². The van der Waals surface area contributed by atoms with E-state index in [4.69, 9.17) is 10.5 Å². The average Bonchev–Trinajstić information content (AvgIpc) is 3.06. The maximum absolute atomic E-state index is 12.5. The molecule has 0 unspecified atom stereocenters. The third-order valence-corrected chi connectivity index (χ3v) is 4.95. The fourth-order valence-corrected chi connectivity index (χ4v) is 3.43. The molecule has 0 bridgehead atoms. The number of nitrogens with one attached hydrogen (secondary N) is 2. The first-order valence-electron chi connectivity index (χ1n) is 8.51. The van der Waals surface area contributed by atoms with Crippen LogP contribution in [0.4, 0.5) is 9.93 Å². The number of carbonyl (C=O) groups excluding carboxylic acids is 2. The van der Waals surface area contributed by atoms with Crippen LogP contribution < -0.4 is 21.1 Å². The minimum absolute atomic E-state index is 0.246. The molecule has 0 atom stereocenters. The van der Waals surface area contributed by atoms with Gasteiger partial charge < -0.3 is 15.8 Å². The zero-order valence-corrected chi connectivity index (χ0v) is 16.3. The summed E-state index contributed by atoms with van der Waals surface area (Å²) in [5.74, 6) is 0.532. The van der Waals surface area contributed by atoms with Crippen molar-refractivity contribution in [1.29, 1.82) is 0 Å². The molecule has 0 saturated heterocycles. The number of anilines is 1. The van der Waals surface area contributed by atoms with Gasteiger partial charge in [-0.15, -0.1) is 11.3 Å². The number of aromatic nitrogens is 1. The lowest BCUT2D eigenvalue weighted by molar-refractivity contribution is 0.102. The predicted molar refractivity (Wildman–Crippen MR) is 110 cm³/mol. The van der Waals surface area contributed by atoms with Gasteiger partial charge in [-0.1, -0.05) is 12.1 Å². The zero-order chi connectivity index (χ0) is 20.1. The van der Waals surface area contributed by atoms with E-state index in [1.807, 2.05) is 31.2 Å². The number of nitrogens with two attached hydrogens (primary N) is 1. The molecule has 0 fully saturated rings. The Labute approximate surface area is 166 Å². The van der Waals surface area contributed by atoms with E-state index in [0.717, 1.165) is 27.4 Å². The molecule has 0 spiro atoms. The first-order chi connectivity index (χ1) is 13.5. The Hall–Kier alpha value is -3.39. The Bertz CT molecular complexity index is 982. The summed E-state index contributed by atoms with van der Waals surface area (Å²) in [5, 5.41) is 5.87. The fraction of sp³-hybridized carbons (Fsp3) is 0.150. The highest BCUT2D eigenvalue weighted by Gasteiger charge is 2.13. The van der Waals surface area contributed by atoms with Gasteiger partial charge in [0.25, 0.3) is 5.91 Å². The van der Waals surface area contributed by atoms with E-state index in [1.165, 1.54) is 11.3 Å². The molecular formula is C20H20N4O3S. The van der Waals surface area contributed by atoms with Gasteiger partial charge in [0.1, 0.15) is 5.75 Å². The van der Waals surface area contributed by atoms with Gasteiger partial charge >= 0.3 is 6.03 Å². The number of amides is 3. The highest BCUT2D eigenvalue weighted by atomic mass is 32.1. The molecule has 0 aliphatic heterocycles. The van der Waals surface area contributed by atoms with Crippen LogP contribution in [0.2, 0.25) is 0 Å². The van der Waals surface area contributed by atoms with Crippen molar-refractivity contribution in [3.05, 3.63) is 64.5 Å². The topological polar surface area (TPSA) is 106 Å². The molecular weight excluding hydrogens is 376 g/mol. The van der Waals surface area contributed by atoms with Crippen molar-refractivity contribution in [2.45, 2.75) is 13.5 Å². The van der Waals surface area contributed by atoms with E-state index < -0.39 is 6.03 Å². The first kappa shape index (κ1) is 19.4. The number of hydrogen-bond acceptors (Lipinski definition) is 5. The maximum atomic E-state index is 12.5. The van der Waals surface area contributed by atoms with Gasteiger partial charge in [-0.3, -0.25) is 10.1 Å². The van der Waals surface area contributed by atoms with E-state index in [1.54, 1.807) is 31.4 Å². The molecule has 1 aromatic heterocycles. The van der Waals surface area contributed by atoms with Crippen molar-refractivity contribution >= 4 is 28.4 Å². The highest BCUT2D eigenvalue weighted by Crippen LogP contribution is 2.31. The number of primary amides is 1. The lowest BCUT2D eigenvalue weighted by Crippen LogP contribution is -2.28. The second-order valence-electron chi connectivity index (χ2n) is 6.02. The number of rotatable bonds is 6. The minimum atomic E-state index is -0.589. The summed E-state index contributed by atoms with van der Waals surface area (Å²) in [7, 11) is 1.62. The van der Waals surface area contributed by atoms with E-state index in [-0.39, 0.29) is 5.91 Å². The maximum Gasteiger partial charge on any atom is 0.312 e. The summed E-state index contributed by atoms with van der Waals surface area (Å²) in [6.45, 7) is 2.28. The molecule has 8 heteroatoms. The normalized spacial score (nSPS) is 10.4. The fourth-order valence-electron chi connectivity index (χ4n) is 2.60. The second-order valence-corrected chi connectivity index (χ2v) is 7.22. The van der Waals surface area contributed by atoms with Crippen LogP contribution in [0.15, 0.2) is 48.5 Å². The summed E-state index contributed by atoms with van der Waals surface area (Å²) in [6.07, 6.45) is 0. The number of carbonyl (C=O) groups is 2. The van der Waals surface area contributed by atoms with Crippen LogP contribution in [-0.4, -0.2) is 24.0 Å². The van der Waals surface area contributed by atoms with Gasteiger partial charge in [0.05, 0.1) is 12.8 Å². The number of benzene rings is 2. The summed E-state index contributed by atoms with van der Waals surface area (Å²) in [4.78, 5) is 28.8. The molecule has 2 aromatic carbocycles. The van der Waals surface area contributed by atoms with Crippen LogP contribution in [-0.2, 0) is 6.54 Å². The number of aryl methyl sites for hydroxylation is 1. The Morgan fingerprint density at radius 2 is 1.79 bits per heavy atom. The quantitative estimate of drug-likeness (QED) is 0.592. The van der Waals surface area contributed by atoms with Crippen LogP contribution in [0, 0.1) is 6.92 Å². The van der Waals surface area contributed by atoms with Crippen LogP contribution in [0.1, 0.15) is 20.8 Å². The number of thiazole rings is 1. The molecule has 3 rings (SSSR count). The monoisotopic (exact) mass is 396 g/mol. The third kappa shape index (κ3) is 4.66. The van der Waals surface area contributed by atoms with Crippen molar-refractivity contribution in [1.82, 2.24) is 10.3 Å². The molecule has 1 heterocycles. The van der Waals surface area contributed by atoms with E-state index in [2.05, 4.69) is 15.6 Å². The molecule has 0 radical (unpaired) electrons. The third-order valence-electron chi connectivity index (χ3n) is 4.06. The second kappa shape index (κ2) is 8.53. The highest BCUT2D eigenvalue weighted by molar-refractivity contribution is 7.16.